The minimum Gasteiger partial charge on any atom is -0.506 e. The van der Waals surface area contributed by atoms with Gasteiger partial charge in [-0.05, 0) is 11.5 Å². The Balaban J connectivity index is 2.09. The Morgan fingerprint density at radius 1 is 1.14 bits per heavy atom. The van der Waals surface area contributed by atoms with Crippen LogP contribution in [0.4, 0.5) is 0 Å². The summed E-state index contributed by atoms with van der Waals surface area (Å²) >= 11 is 0. The predicted octanol–water partition coefficient (Wildman–Crippen LogP) is 1.11. The Morgan fingerprint density at radius 2 is 1.86 bits per heavy atom. The second kappa shape index (κ2) is 6.23. The van der Waals surface area contributed by atoms with Gasteiger partial charge in [-0.3, -0.25) is 4.79 Å². The molecule has 6 nitrogen and oxygen atoms in total. The van der Waals surface area contributed by atoms with Gasteiger partial charge in [0.2, 0.25) is 0 Å². The maximum absolute atomic E-state index is 12.0. The van der Waals surface area contributed by atoms with Crippen LogP contribution in [0.25, 0.3) is 10.8 Å². The van der Waals surface area contributed by atoms with Gasteiger partial charge in [-0.15, -0.1) is 0 Å². The number of aliphatic carboxylic acids is 1. The number of fused-ring (bicyclic) bond motifs is 1. The summed E-state index contributed by atoms with van der Waals surface area (Å²) in [5, 5.41) is 31.6. The summed E-state index contributed by atoms with van der Waals surface area (Å²) in [6.07, 6.45) is -1.62. The highest BCUT2D eigenvalue weighted by atomic mass is 16.4. The number of rotatable bonds is 5. The van der Waals surface area contributed by atoms with Gasteiger partial charge in [0.25, 0.3) is 5.91 Å². The highest BCUT2D eigenvalue weighted by Gasteiger charge is 2.16. The number of phenols is 1. The zero-order valence-corrected chi connectivity index (χ0v) is 11.1. The van der Waals surface area contributed by atoms with E-state index in [4.69, 9.17) is 10.2 Å². The van der Waals surface area contributed by atoms with Gasteiger partial charge in [-0.25, -0.2) is 4.79 Å². The molecule has 2 rings (SSSR count). The number of carboxylic acid groups (broad SMARTS) is 1. The predicted molar refractivity (Wildman–Crippen MR) is 76.2 cm³/mol. The number of carbonyl (C=O) groups is 2. The monoisotopic (exact) mass is 289 g/mol. The minimum absolute atomic E-state index is 0.00142. The van der Waals surface area contributed by atoms with Crippen molar-refractivity contribution in [3.8, 4) is 5.75 Å². The summed E-state index contributed by atoms with van der Waals surface area (Å²) in [6.45, 7) is -0.00142. The first-order valence-electron chi connectivity index (χ1n) is 6.40. The molecule has 0 aliphatic heterocycles. The van der Waals surface area contributed by atoms with E-state index in [2.05, 4.69) is 5.32 Å². The molecule has 0 aromatic heterocycles. The first kappa shape index (κ1) is 14.8. The fourth-order valence-electron chi connectivity index (χ4n) is 1.98. The second-order valence-corrected chi connectivity index (χ2v) is 4.58. The molecule has 0 saturated heterocycles. The highest BCUT2D eigenvalue weighted by molar-refractivity contribution is 6.03. The van der Waals surface area contributed by atoms with Crippen LogP contribution in [0.1, 0.15) is 16.8 Å². The third-order valence-corrected chi connectivity index (χ3v) is 3.13. The molecule has 1 unspecified atom stereocenters. The molecular formula is C15H15NO5. The lowest BCUT2D eigenvalue weighted by Gasteiger charge is -2.10. The lowest BCUT2D eigenvalue weighted by molar-refractivity contribution is -0.146. The number of benzene rings is 2. The van der Waals surface area contributed by atoms with Crippen molar-refractivity contribution in [1.82, 2.24) is 5.32 Å². The van der Waals surface area contributed by atoms with Crippen molar-refractivity contribution in [1.29, 1.82) is 0 Å². The number of aromatic hydroxyl groups is 1. The van der Waals surface area contributed by atoms with Crippen LogP contribution in [0.5, 0.6) is 5.75 Å². The minimum atomic E-state index is -1.52. The molecule has 1 amide bonds. The molecule has 0 aliphatic carbocycles. The quantitative estimate of drug-likeness (QED) is 0.659. The molecule has 6 heteroatoms. The van der Waals surface area contributed by atoms with Gasteiger partial charge in [0, 0.05) is 18.4 Å². The number of hydrogen-bond acceptors (Lipinski definition) is 4. The van der Waals surface area contributed by atoms with Gasteiger partial charge < -0.3 is 20.6 Å². The molecule has 1 atom stereocenters. The largest absolute Gasteiger partial charge is 0.506 e. The van der Waals surface area contributed by atoms with E-state index in [1.165, 1.54) is 6.07 Å². The fraction of sp³-hybridized carbons (Fsp3) is 0.200. The van der Waals surface area contributed by atoms with Gasteiger partial charge >= 0.3 is 5.97 Å². The summed E-state index contributed by atoms with van der Waals surface area (Å²) in [5.41, 5.74) is 0.110. The molecule has 0 aliphatic rings. The lowest BCUT2D eigenvalue weighted by atomic mass is 10.0. The first-order valence-corrected chi connectivity index (χ1v) is 6.40. The molecule has 0 saturated carbocycles. The van der Waals surface area contributed by atoms with E-state index in [9.17, 15) is 14.7 Å². The molecule has 0 heterocycles. The van der Waals surface area contributed by atoms with Crippen molar-refractivity contribution in [3.05, 3.63) is 42.0 Å². The summed E-state index contributed by atoms with van der Waals surface area (Å²) in [7, 11) is 0. The average molecular weight is 289 g/mol. The summed E-state index contributed by atoms with van der Waals surface area (Å²) in [5.74, 6) is -1.97. The van der Waals surface area contributed by atoms with Crippen molar-refractivity contribution in [2.45, 2.75) is 12.5 Å². The van der Waals surface area contributed by atoms with Crippen LogP contribution in [-0.4, -0.2) is 39.8 Å². The van der Waals surface area contributed by atoms with E-state index in [1.807, 2.05) is 12.1 Å². The van der Waals surface area contributed by atoms with Crippen LogP contribution in [-0.2, 0) is 4.79 Å². The Hall–Kier alpha value is -2.60. The smallest absolute Gasteiger partial charge is 0.332 e. The number of nitrogens with one attached hydrogen (secondary N) is 1. The molecule has 0 radical (unpaired) electrons. The molecule has 2 aromatic rings. The molecule has 2 aromatic carbocycles. The molecule has 4 N–H and O–H groups in total. The number of carboxylic acids is 1. The second-order valence-electron chi connectivity index (χ2n) is 4.58. The maximum atomic E-state index is 12.0. The number of amides is 1. The van der Waals surface area contributed by atoms with Crippen molar-refractivity contribution in [2.24, 2.45) is 0 Å². The van der Waals surface area contributed by atoms with E-state index in [0.29, 0.717) is 5.39 Å². The lowest BCUT2D eigenvalue weighted by Crippen LogP contribution is -2.30. The zero-order valence-electron chi connectivity index (χ0n) is 11.1. The highest BCUT2D eigenvalue weighted by Crippen LogP contribution is 2.28. The van der Waals surface area contributed by atoms with Gasteiger partial charge in [0.15, 0.2) is 6.10 Å². The summed E-state index contributed by atoms with van der Waals surface area (Å²) < 4.78 is 0. The van der Waals surface area contributed by atoms with Gasteiger partial charge in [0.05, 0.1) is 5.56 Å². The molecule has 110 valence electrons. The normalized spacial score (nSPS) is 12.0. The van der Waals surface area contributed by atoms with Gasteiger partial charge in [-0.2, -0.15) is 0 Å². The van der Waals surface area contributed by atoms with E-state index in [1.54, 1.807) is 18.2 Å². The topological polar surface area (TPSA) is 107 Å². The van der Waals surface area contributed by atoms with Crippen molar-refractivity contribution in [2.75, 3.05) is 6.54 Å². The molecule has 0 spiro atoms. The van der Waals surface area contributed by atoms with Crippen LogP contribution in [0.15, 0.2) is 36.4 Å². The van der Waals surface area contributed by atoms with Crippen molar-refractivity contribution >= 4 is 22.6 Å². The number of aliphatic hydroxyl groups is 1. The van der Waals surface area contributed by atoms with Crippen molar-refractivity contribution in [3.63, 3.8) is 0 Å². The first-order chi connectivity index (χ1) is 10.0. The number of aliphatic hydroxyl groups excluding tert-OH is 1. The van der Waals surface area contributed by atoms with Crippen LogP contribution < -0.4 is 5.32 Å². The average Bonchev–Trinajstić information content (AvgIpc) is 2.47. The van der Waals surface area contributed by atoms with Crippen LogP contribution in [0, 0.1) is 0 Å². The number of phenolic OH excluding ortho intramolecular Hbond substituents is 1. The standard InChI is InChI=1S/C15H15NO5/c17-12(15(20)21)7-8-16-14(19)11-6-5-9-3-1-2-4-10(9)13(11)18/h1-6,12,17-18H,7-8H2,(H,16,19)(H,20,21). The van der Waals surface area contributed by atoms with E-state index < -0.39 is 18.0 Å². The van der Waals surface area contributed by atoms with Crippen LogP contribution >= 0.6 is 0 Å². The SMILES string of the molecule is O=C(NCCC(O)C(=O)O)c1ccc2ccccc2c1O. The zero-order chi connectivity index (χ0) is 15.4. The van der Waals surface area contributed by atoms with Gasteiger partial charge in [-0.1, -0.05) is 30.3 Å². The Morgan fingerprint density at radius 3 is 2.57 bits per heavy atom. The van der Waals surface area contributed by atoms with Crippen LogP contribution in [0.2, 0.25) is 0 Å². The summed E-state index contributed by atoms with van der Waals surface area (Å²) in [6, 6.07) is 10.3. The molecular weight excluding hydrogens is 274 g/mol. The third-order valence-electron chi connectivity index (χ3n) is 3.13. The fourth-order valence-corrected chi connectivity index (χ4v) is 1.98. The molecule has 21 heavy (non-hydrogen) atoms. The van der Waals surface area contributed by atoms with Crippen LogP contribution in [0.3, 0.4) is 0 Å². The van der Waals surface area contributed by atoms with Crippen molar-refractivity contribution < 1.29 is 24.9 Å². The Kier molecular flexibility index (Phi) is 4.39. The molecule has 0 bridgehead atoms. The Labute approximate surface area is 120 Å². The number of hydrogen-bond donors (Lipinski definition) is 4. The Bertz CT molecular complexity index is 683. The van der Waals surface area contributed by atoms with E-state index in [-0.39, 0.29) is 24.3 Å². The van der Waals surface area contributed by atoms with Gasteiger partial charge in [0.1, 0.15) is 5.75 Å². The van der Waals surface area contributed by atoms with E-state index >= 15 is 0 Å². The summed E-state index contributed by atoms with van der Waals surface area (Å²) in [4.78, 5) is 22.4. The number of carbonyl (C=O) groups excluding carboxylic acids is 1. The maximum Gasteiger partial charge on any atom is 0.332 e. The van der Waals surface area contributed by atoms with E-state index in [0.717, 1.165) is 5.39 Å². The molecule has 0 fully saturated rings. The third kappa shape index (κ3) is 3.29.